The van der Waals surface area contributed by atoms with Gasteiger partial charge in [0.05, 0.1) is 6.07 Å². The van der Waals surface area contributed by atoms with Crippen molar-refractivity contribution >= 4 is 5.91 Å². The lowest BCUT2D eigenvalue weighted by atomic mass is 9.95. The molecule has 4 heteroatoms. The van der Waals surface area contributed by atoms with E-state index in [1.54, 1.807) is 26.0 Å². The lowest BCUT2D eigenvalue weighted by Gasteiger charge is -2.14. The minimum atomic E-state index is -1.04. The number of nitrogens with one attached hydrogen (secondary N) is 1. The lowest BCUT2D eigenvalue weighted by Crippen LogP contribution is -2.35. The minimum Gasteiger partial charge on any atom is -0.351 e. The Morgan fingerprint density at radius 1 is 1.44 bits per heavy atom. The zero-order valence-corrected chi connectivity index (χ0v) is 9.25. The normalized spacial score (nSPS) is 10.6. The summed E-state index contributed by atoms with van der Waals surface area (Å²) in [6.07, 6.45) is 0. The fraction of sp³-hybridized carbons (Fsp3) is 0.333. The zero-order chi connectivity index (χ0) is 12.2. The van der Waals surface area contributed by atoms with Gasteiger partial charge in [0.1, 0.15) is 11.2 Å². The number of benzene rings is 1. The molecule has 0 radical (unpaired) electrons. The molecule has 0 aromatic heterocycles. The van der Waals surface area contributed by atoms with Crippen molar-refractivity contribution in [3.05, 3.63) is 35.6 Å². The molecule has 0 atom stereocenters. The van der Waals surface area contributed by atoms with Gasteiger partial charge in [-0.2, -0.15) is 5.26 Å². The summed E-state index contributed by atoms with van der Waals surface area (Å²) in [6.45, 7) is 3.39. The van der Waals surface area contributed by atoms with E-state index in [-0.39, 0.29) is 11.7 Å². The molecular weight excluding hydrogens is 207 g/mol. The number of carbonyl (C=O) groups is 1. The van der Waals surface area contributed by atoms with Gasteiger partial charge in [0.25, 0.3) is 0 Å². The van der Waals surface area contributed by atoms with E-state index in [4.69, 9.17) is 5.26 Å². The summed E-state index contributed by atoms with van der Waals surface area (Å²) in [4.78, 5) is 11.5. The summed E-state index contributed by atoms with van der Waals surface area (Å²) in [5.41, 5.74) is -0.247. The van der Waals surface area contributed by atoms with Crippen LogP contribution in [-0.2, 0) is 11.3 Å². The molecule has 0 heterocycles. The van der Waals surface area contributed by atoms with Crippen LogP contribution in [0.2, 0.25) is 0 Å². The number of rotatable bonds is 3. The van der Waals surface area contributed by atoms with Crippen LogP contribution in [0.15, 0.2) is 24.3 Å². The van der Waals surface area contributed by atoms with E-state index in [2.05, 4.69) is 5.32 Å². The molecule has 0 fully saturated rings. The maximum absolute atomic E-state index is 12.6. The van der Waals surface area contributed by atoms with E-state index in [1.165, 1.54) is 12.1 Å². The molecule has 0 aliphatic heterocycles. The molecular formula is C12H13FN2O. The highest BCUT2D eigenvalue weighted by Gasteiger charge is 2.26. The third-order valence-corrected chi connectivity index (χ3v) is 2.21. The first-order chi connectivity index (χ1) is 7.45. The molecule has 1 amide bonds. The molecule has 0 unspecified atom stereocenters. The predicted molar refractivity (Wildman–Crippen MR) is 57.6 cm³/mol. The number of amides is 1. The Bertz CT molecular complexity index is 418. The number of nitriles is 1. The third kappa shape index (κ3) is 3.06. The average molecular weight is 220 g/mol. The van der Waals surface area contributed by atoms with Gasteiger partial charge in [0.15, 0.2) is 0 Å². The molecule has 0 spiro atoms. The molecule has 3 nitrogen and oxygen atoms in total. The summed E-state index contributed by atoms with van der Waals surface area (Å²) < 4.78 is 12.6. The van der Waals surface area contributed by atoms with Crippen LogP contribution in [0.5, 0.6) is 0 Å². The fourth-order valence-electron chi connectivity index (χ4n) is 1.06. The van der Waals surface area contributed by atoms with Crippen LogP contribution >= 0.6 is 0 Å². The second-order valence-electron chi connectivity index (χ2n) is 4.05. The molecule has 1 aromatic carbocycles. The Morgan fingerprint density at radius 3 is 2.50 bits per heavy atom. The second kappa shape index (κ2) is 4.75. The standard InChI is InChI=1S/C12H13FN2O/c1-12(2,8-14)11(16)15-7-9-3-5-10(13)6-4-9/h3-6H,7H2,1-2H3,(H,15,16). The van der Waals surface area contributed by atoms with E-state index < -0.39 is 5.41 Å². The maximum atomic E-state index is 12.6. The monoisotopic (exact) mass is 220 g/mol. The van der Waals surface area contributed by atoms with Gasteiger partial charge in [-0.3, -0.25) is 4.79 Å². The highest BCUT2D eigenvalue weighted by Crippen LogP contribution is 2.13. The van der Waals surface area contributed by atoms with Crippen molar-refractivity contribution in [3.8, 4) is 6.07 Å². The van der Waals surface area contributed by atoms with Gasteiger partial charge in [0.2, 0.25) is 5.91 Å². The number of hydrogen-bond donors (Lipinski definition) is 1. The quantitative estimate of drug-likeness (QED) is 0.846. The Kier molecular flexibility index (Phi) is 3.62. The molecule has 1 rings (SSSR count). The number of halogens is 1. The lowest BCUT2D eigenvalue weighted by molar-refractivity contribution is -0.126. The van der Waals surface area contributed by atoms with E-state index >= 15 is 0 Å². The van der Waals surface area contributed by atoms with Crippen molar-refractivity contribution in [2.24, 2.45) is 5.41 Å². The first-order valence-corrected chi connectivity index (χ1v) is 4.90. The van der Waals surface area contributed by atoms with Gasteiger partial charge in [-0.25, -0.2) is 4.39 Å². The van der Waals surface area contributed by atoms with Crippen molar-refractivity contribution in [2.45, 2.75) is 20.4 Å². The summed E-state index contributed by atoms with van der Waals surface area (Å²) in [5.74, 6) is -0.647. The van der Waals surface area contributed by atoms with Crippen LogP contribution in [0.1, 0.15) is 19.4 Å². The molecule has 16 heavy (non-hydrogen) atoms. The molecule has 0 aliphatic rings. The van der Waals surface area contributed by atoms with Gasteiger partial charge in [-0.15, -0.1) is 0 Å². The molecule has 1 aromatic rings. The third-order valence-electron chi connectivity index (χ3n) is 2.21. The largest absolute Gasteiger partial charge is 0.351 e. The number of nitrogens with zero attached hydrogens (tertiary/aromatic N) is 1. The first-order valence-electron chi connectivity index (χ1n) is 4.90. The van der Waals surface area contributed by atoms with Gasteiger partial charge < -0.3 is 5.32 Å². The minimum absolute atomic E-state index is 0.296. The van der Waals surface area contributed by atoms with Crippen LogP contribution in [0.25, 0.3) is 0 Å². The molecule has 84 valence electrons. The van der Waals surface area contributed by atoms with Gasteiger partial charge in [0, 0.05) is 6.54 Å². The maximum Gasteiger partial charge on any atom is 0.240 e. The van der Waals surface area contributed by atoms with Crippen molar-refractivity contribution in [3.63, 3.8) is 0 Å². The fourth-order valence-corrected chi connectivity index (χ4v) is 1.06. The Hall–Kier alpha value is -1.89. The Balaban J connectivity index is 2.56. The SMILES string of the molecule is CC(C)(C#N)C(=O)NCc1ccc(F)cc1. The highest BCUT2D eigenvalue weighted by molar-refractivity contribution is 5.84. The van der Waals surface area contributed by atoms with E-state index in [1.807, 2.05) is 6.07 Å². The first kappa shape index (κ1) is 12.2. The number of hydrogen-bond acceptors (Lipinski definition) is 2. The van der Waals surface area contributed by atoms with Crippen LogP contribution in [-0.4, -0.2) is 5.91 Å². The highest BCUT2D eigenvalue weighted by atomic mass is 19.1. The summed E-state index contributed by atoms with van der Waals surface area (Å²) in [7, 11) is 0. The zero-order valence-electron chi connectivity index (χ0n) is 9.25. The number of carbonyl (C=O) groups excluding carboxylic acids is 1. The average Bonchev–Trinajstić information content (AvgIpc) is 2.28. The topological polar surface area (TPSA) is 52.9 Å². The molecule has 0 saturated heterocycles. The second-order valence-corrected chi connectivity index (χ2v) is 4.05. The summed E-state index contributed by atoms with van der Waals surface area (Å²) >= 11 is 0. The predicted octanol–water partition coefficient (Wildman–Crippen LogP) is 1.99. The Morgan fingerprint density at radius 2 is 2.00 bits per heavy atom. The van der Waals surface area contributed by atoms with Crippen molar-refractivity contribution in [2.75, 3.05) is 0 Å². The van der Waals surface area contributed by atoms with Crippen LogP contribution in [0.4, 0.5) is 4.39 Å². The molecule has 0 saturated carbocycles. The summed E-state index contributed by atoms with van der Waals surface area (Å²) in [6, 6.07) is 7.76. The van der Waals surface area contributed by atoms with E-state index in [0.29, 0.717) is 6.54 Å². The van der Waals surface area contributed by atoms with Crippen molar-refractivity contribution < 1.29 is 9.18 Å². The molecule has 1 N–H and O–H groups in total. The van der Waals surface area contributed by atoms with Crippen molar-refractivity contribution in [1.82, 2.24) is 5.32 Å². The van der Waals surface area contributed by atoms with Gasteiger partial charge >= 0.3 is 0 Å². The van der Waals surface area contributed by atoms with Crippen molar-refractivity contribution in [1.29, 1.82) is 5.26 Å². The smallest absolute Gasteiger partial charge is 0.240 e. The van der Waals surface area contributed by atoms with E-state index in [0.717, 1.165) is 5.56 Å². The van der Waals surface area contributed by atoms with Gasteiger partial charge in [-0.1, -0.05) is 12.1 Å². The van der Waals surface area contributed by atoms with Gasteiger partial charge in [-0.05, 0) is 31.5 Å². The molecule has 0 aliphatic carbocycles. The Labute approximate surface area is 93.9 Å². The van der Waals surface area contributed by atoms with Crippen LogP contribution in [0.3, 0.4) is 0 Å². The van der Waals surface area contributed by atoms with Crippen LogP contribution < -0.4 is 5.32 Å². The van der Waals surface area contributed by atoms with E-state index in [9.17, 15) is 9.18 Å². The van der Waals surface area contributed by atoms with Crippen LogP contribution in [0, 0.1) is 22.6 Å². The molecule has 0 bridgehead atoms. The summed E-state index contributed by atoms with van der Waals surface area (Å²) in [5, 5.41) is 11.4.